The summed E-state index contributed by atoms with van der Waals surface area (Å²) in [6.07, 6.45) is 11.9. The van der Waals surface area contributed by atoms with Gasteiger partial charge in [-0.1, -0.05) is 63.9 Å². The standard InChI is InChI=1S/C25H37FN2O3/c1-3-5-6-7-8-9-11-20(10-4-2)25(29)31-28-16-14-19(15-17-28)24-22-13-12-21(26)18-23(22)30-27-24/h12-13,18-20H,3-11,14-17H2,1-2H3. The molecule has 1 aliphatic rings. The lowest BCUT2D eigenvalue weighted by atomic mass is 9.92. The lowest BCUT2D eigenvalue weighted by Gasteiger charge is -2.30. The van der Waals surface area contributed by atoms with Gasteiger partial charge in [-0.25, -0.2) is 4.39 Å². The van der Waals surface area contributed by atoms with Crippen LogP contribution in [0.25, 0.3) is 11.0 Å². The number of unbranched alkanes of at least 4 members (excludes halogenated alkanes) is 5. The Morgan fingerprint density at radius 1 is 1.13 bits per heavy atom. The zero-order chi connectivity index (χ0) is 22.1. The average Bonchev–Trinajstić information content (AvgIpc) is 3.18. The first-order valence-corrected chi connectivity index (χ1v) is 12.1. The van der Waals surface area contributed by atoms with Crippen molar-refractivity contribution in [2.75, 3.05) is 13.1 Å². The predicted octanol–water partition coefficient (Wildman–Crippen LogP) is 6.77. The van der Waals surface area contributed by atoms with E-state index in [0.717, 1.165) is 49.6 Å². The van der Waals surface area contributed by atoms with E-state index in [2.05, 4.69) is 19.0 Å². The van der Waals surface area contributed by atoms with E-state index in [1.807, 2.05) is 5.06 Å². The molecule has 1 aromatic heterocycles. The number of hydrogen-bond donors (Lipinski definition) is 0. The molecule has 172 valence electrons. The number of carbonyl (C=O) groups excluding carboxylic acids is 1. The Hall–Kier alpha value is -1.95. The highest BCUT2D eigenvalue weighted by molar-refractivity contribution is 5.79. The van der Waals surface area contributed by atoms with Crippen molar-refractivity contribution in [3.63, 3.8) is 0 Å². The molecule has 0 bridgehead atoms. The second-order valence-electron chi connectivity index (χ2n) is 8.86. The van der Waals surface area contributed by atoms with Gasteiger partial charge in [0.25, 0.3) is 0 Å². The highest BCUT2D eigenvalue weighted by Gasteiger charge is 2.28. The fraction of sp³-hybridized carbons (Fsp3) is 0.680. The monoisotopic (exact) mass is 432 g/mol. The largest absolute Gasteiger partial charge is 0.368 e. The van der Waals surface area contributed by atoms with Crippen LogP contribution < -0.4 is 0 Å². The molecular weight excluding hydrogens is 395 g/mol. The number of hydrogen-bond acceptors (Lipinski definition) is 5. The topological polar surface area (TPSA) is 55.6 Å². The fourth-order valence-corrected chi connectivity index (χ4v) is 4.55. The van der Waals surface area contributed by atoms with Gasteiger partial charge in [0.15, 0.2) is 5.58 Å². The highest BCUT2D eigenvalue weighted by atomic mass is 19.1. The van der Waals surface area contributed by atoms with Crippen molar-refractivity contribution in [3.8, 4) is 0 Å². The fourth-order valence-electron chi connectivity index (χ4n) is 4.55. The summed E-state index contributed by atoms with van der Waals surface area (Å²) in [4.78, 5) is 18.5. The number of hydroxylamine groups is 2. The predicted molar refractivity (Wildman–Crippen MR) is 120 cm³/mol. The summed E-state index contributed by atoms with van der Waals surface area (Å²) in [5.74, 6) is -0.157. The van der Waals surface area contributed by atoms with Gasteiger partial charge in [-0.05, 0) is 37.8 Å². The quantitative estimate of drug-likeness (QED) is 0.346. The van der Waals surface area contributed by atoms with Gasteiger partial charge in [0, 0.05) is 30.5 Å². The zero-order valence-electron chi connectivity index (χ0n) is 19.1. The zero-order valence-corrected chi connectivity index (χ0v) is 19.1. The summed E-state index contributed by atoms with van der Waals surface area (Å²) < 4.78 is 18.7. The van der Waals surface area contributed by atoms with E-state index >= 15 is 0 Å². The number of nitrogens with zero attached hydrogens (tertiary/aromatic N) is 2. The van der Waals surface area contributed by atoms with Gasteiger partial charge in [0.1, 0.15) is 5.82 Å². The summed E-state index contributed by atoms with van der Waals surface area (Å²) >= 11 is 0. The summed E-state index contributed by atoms with van der Waals surface area (Å²) in [5, 5.41) is 6.88. The smallest absolute Gasteiger partial charge is 0.328 e. The molecule has 1 atom stereocenters. The van der Waals surface area contributed by atoms with Crippen LogP contribution in [0.2, 0.25) is 0 Å². The van der Waals surface area contributed by atoms with Crippen LogP contribution in [0.5, 0.6) is 0 Å². The maximum Gasteiger partial charge on any atom is 0.328 e. The molecule has 0 radical (unpaired) electrons. The van der Waals surface area contributed by atoms with Gasteiger partial charge in [0.05, 0.1) is 11.6 Å². The van der Waals surface area contributed by atoms with Gasteiger partial charge < -0.3 is 9.36 Å². The van der Waals surface area contributed by atoms with Gasteiger partial charge in [-0.2, -0.15) is 0 Å². The maximum absolute atomic E-state index is 13.4. The molecule has 1 aromatic carbocycles. The van der Waals surface area contributed by atoms with Crippen molar-refractivity contribution in [2.45, 2.75) is 90.4 Å². The minimum atomic E-state index is -0.320. The normalized spacial score (nSPS) is 16.6. The summed E-state index contributed by atoms with van der Waals surface area (Å²) in [5.41, 5.74) is 1.37. The molecule has 6 heteroatoms. The van der Waals surface area contributed by atoms with Gasteiger partial charge >= 0.3 is 5.97 Å². The van der Waals surface area contributed by atoms with E-state index in [0.29, 0.717) is 18.7 Å². The lowest BCUT2D eigenvalue weighted by molar-refractivity contribution is -0.200. The Labute approximate surface area is 185 Å². The highest BCUT2D eigenvalue weighted by Crippen LogP contribution is 2.33. The van der Waals surface area contributed by atoms with Crippen LogP contribution in [0.3, 0.4) is 0 Å². The molecule has 1 aliphatic heterocycles. The number of benzene rings is 1. The molecular formula is C25H37FN2O3. The number of halogens is 1. The molecule has 0 N–H and O–H groups in total. The number of aromatic nitrogens is 1. The van der Waals surface area contributed by atoms with E-state index < -0.39 is 0 Å². The first-order chi connectivity index (χ1) is 15.1. The summed E-state index contributed by atoms with van der Waals surface area (Å²) in [6, 6.07) is 4.55. The molecule has 0 saturated carbocycles. The lowest BCUT2D eigenvalue weighted by Crippen LogP contribution is -2.37. The van der Waals surface area contributed by atoms with Crippen LogP contribution >= 0.6 is 0 Å². The van der Waals surface area contributed by atoms with Gasteiger partial charge in [-0.15, -0.1) is 5.06 Å². The molecule has 31 heavy (non-hydrogen) atoms. The maximum atomic E-state index is 13.4. The minimum Gasteiger partial charge on any atom is -0.368 e. The average molecular weight is 433 g/mol. The third-order valence-corrected chi connectivity index (χ3v) is 6.40. The van der Waals surface area contributed by atoms with E-state index in [1.165, 1.54) is 44.2 Å². The second kappa shape index (κ2) is 12.2. The van der Waals surface area contributed by atoms with Crippen LogP contribution in [0.4, 0.5) is 4.39 Å². The number of fused-ring (bicyclic) bond motifs is 1. The van der Waals surface area contributed by atoms with Gasteiger partial charge in [0.2, 0.25) is 0 Å². The Kier molecular flexibility index (Phi) is 9.31. The number of rotatable bonds is 12. The Bertz CT molecular complexity index is 814. The summed E-state index contributed by atoms with van der Waals surface area (Å²) in [7, 11) is 0. The Morgan fingerprint density at radius 2 is 1.87 bits per heavy atom. The van der Waals surface area contributed by atoms with Crippen LogP contribution in [-0.4, -0.2) is 29.3 Å². The number of carbonyl (C=O) groups is 1. The third kappa shape index (κ3) is 6.76. The molecule has 1 unspecified atom stereocenters. The summed E-state index contributed by atoms with van der Waals surface area (Å²) in [6.45, 7) is 5.72. The molecule has 0 amide bonds. The molecule has 1 fully saturated rings. The molecule has 3 rings (SSSR count). The van der Waals surface area contributed by atoms with Crippen molar-refractivity contribution in [2.24, 2.45) is 5.92 Å². The van der Waals surface area contributed by atoms with Crippen molar-refractivity contribution in [1.82, 2.24) is 10.2 Å². The molecule has 0 spiro atoms. The van der Waals surface area contributed by atoms with Crippen LogP contribution in [0.1, 0.15) is 96.1 Å². The molecule has 0 aliphatic carbocycles. The van der Waals surface area contributed by atoms with E-state index in [4.69, 9.17) is 9.36 Å². The van der Waals surface area contributed by atoms with Crippen LogP contribution in [-0.2, 0) is 9.63 Å². The van der Waals surface area contributed by atoms with E-state index in [1.54, 1.807) is 6.07 Å². The van der Waals surface area contributed by atoms with E-state index in [9.17, 15) is 9.18 Å². The van der Waals surface area contributed by atoms with E-state index in [-0.39, 0.29) is 23.6 Å². The molecule has 2 aromatic rings. The van der Waals surface area contributed by atoms with Crippen molar-refractivity contribution < 1.29 is 18.5 Å². The van der Waals surface area contributed by atoms with Crippen molar-refractivity contribution >= 4 is 16.9 Å². The van der Waals surface area contributed by atoms with Crippen LogP contribution in [0, 0.1) is 11.7 Å². The molecule has 5 nitrogen and oxygen atoms in total. The van der Waals surface area contributed by atoms with Gasteiger partial charge in [-0.3, -0.25) is 4.79 Å². The third-order valence-electron chi connectivity index (χ3n) is 6.40. The minimum absolute atomic E-state index is 0.00304. The molecule has 2 heterocycles. The van der Waals surface area contributed by atoms with Crippen LogP contribution in [0.15, 0.2) is 22.7 Å². The first kappa shape index (κ1) is 23.7. The number of piperidine rings is 1. The first-order valence-electron chi connectivity index (χ1n) is 12.1. The Balaban J connectivity index is 1.45. The van der Waals surface area contributed by atoms with Crippen molar-refractivity contribution in [1.29, 1.82) is 0 Å². The second-order valence-corrected chi connectivity index (χ2v) is 8.86. The SMILES string of the molecule is CCCCCCCCC(CCC)C(=O)ON1CCC(c2noc3cc(F)ccc23)CC1. The molecule has 1 saturated heterocycles. The van der Waals surface area contributed by atoms with Crippen molar-refractivity contribution in [3.05, 3.63) is 29.7 Å². The Morgan fingerprint density at radius 3 is 2.61 bits per heavy atom.